The van der Waals surface area contributed by atoms with E-state index in [4.69, 9.17) is 0 Å². The molecule has 0 aromatic carbocycles. The molecule has 0 aliphatic rings. The second kappa shape index (κ2) is 6.15. The molecule has 0 atom stereocenters. The molecule has 0 spiro atoms. The summed E-state index contributed by atoms with van der Waals surface area (Å²) >= 11 is 3.27. The molecule has 94 valence electrons. The van der Waals surface area contributed by atoms with Crippen molar-refractivity contribution in [3.05, 3.63) is 41.0 Å². The molecule has 0 radical (unpaired) electrons. The van der Waals surface area contributed by atoms with Gasteiger partial charge in [0.1, 0.15) is 11.5 Å². The lowest BCUT2D eigenvalue weighted by atomic mass is 10.4. The zero-order chi connectivity index (χ0) is 12.8. The van der Waals surface area contributed by atoms with E-state index in [0.717, 1.165) is 4.47 Å². The zero-order valence-corrected chi connectivity index (χ0v) is 11.1. The van der Waals surface area contributed by atoms with Gasteiger partial charge in [-0.3, -0.25) is 9.78 Å². The molecule has 1 amide bonds. The average molecular weight is 310 g/mol. The van der Waals surface area contributed by atoms with E-state index in [-0.39, 0.29) is 5.91 Å². The van der Waals surface area contributed by atoms with Crippen molar-refractivity contribution in [3.8, 4) is 0 Å². The number of nitrogens with one attached hydrogen (secondary N) is 3. The maximum atomic E-state index is 11.7. The quantitative estimate of drug-likeness (QED) is 0.729. The monoisotopic (exact) mass is 309 g/mol. The molecule has 0 saturated heterocycles. The standard InChI is InChI=1S/C11H12BrN5O/c12-8-5-9(17-6-8)11(18)16-4-3-15-10-7-13-1-2-14-10/h1-2,5-7,17H,3-4H2,(H,14,15)(H,16,18). The van der Waals surface area contributed by atoms with Gasteiger partial charge in [-0.1, -0.05) is 0 Å². The summed E-state index contributed by atoms with van der Waals surface area (Å²) in [6.07, 6.45) is 6.56. The van der Waals surface area contributed by atoms with Crippen LogP contribution >= 0.6 is 15.9 Å². The Hall–Kier alpha value is -1.89. The first-order chi connectivity index (χ1) is 8.75. The molecule has 0 bridgehead atoms. The summed E-state index contributed by atoms with van der Waals surface area (Å²) in [6.45, 7) is 1.10. The highest BCUT2D eigenvalue weighted by molar-refractivity contribution is 9.10. The van der Waals surface area contributed by atoms with Crippen molar-refractivity contribution in [2.45, 2.75) is 0 Å². The third-order valence-corrected chi connectivity index (χ3v) is 2.63. The minimum Gasteiger partial charge on any atom is -0.367 e. The number of hydrogen-bond acceptors (Lipinski definition) is 4. The number of hydrogen-bond donors (Lipinski definition) is 3. The van der Waals surface area contributed by atoms with Crippen molar-refractivity contribution < 1.29 is 4.79 Å². The van der Waals surface area contributed by atoms with Crippen LogP contribution in [0.5, 0.6) is 0 Å². The van der Waals surface area contributed by atoms with Gasteiger partial charge in [0.25, 0.3) is 5.91 Å². The summed E-state index contributed by atoms with van der Waals surface area (Å²) in [5.74, 6) is 0.552. The van der Waals surface area contributed by atoms with E-state index >= 15 is 0 Å². The van der Waals surface area contributed by atoms with Gasteiger partial charge in [0, 0.05) is 36.2 Å². The number of amides is 1. The lowest BCUT2D eigenvalue weighted by molar-refractivity contribution is 0.0951. The van der Waals surface area contributed by atoms with Crippen LogP contribution in [0.2, 0.25) is 0 Å². The Morgan fingerprint density at radius 1 is 1.39 bits per heavy atom. The van der Waals surface area contributed by atoms with Gasteiger partial charge < -0.3 is 15.6 Å². The van der Waals surface area contributed by atoms with Crippen LogP contribution in [-0.4, -0.2) is 33.9 Å². The number of aromatic nitrogens is 3. The predicted octanol–water partition coefficient (Wildman–Crippen LogP) is 1.41. The van der Waals surface area contributed by atoms with Crippen molar-refractivity contribution >= 4 is 27.7 Å². The van der Waals surface area contributed by atoms with Gasteiger partial charge in [0.2, 0.25) is 0 Å². The molecule has 3 N–H and O–H groups in total. The highest BCUT2D eigenvalue weighted by Gasteiger charge is 2.06. The summed E-state index contributed by atoms with van der Waals surface area (Å²) in [6, 6.07) is 1.73. The molecule has 0 aliphatic carbocycles. The molecule has 2 aromatic heterocycles. The number of nitrogens with zero attached hydrogens (tertiary/aromatic N) is 2. The molecule has 2 heterocycles. The average Bonchev–Trinajstić information content (AvgIpc) is 2.82. The van der Waals surface area contributed by atoms with Gasteiger partial charge in [-0.05, 0) is 22.0 Å². The van der Waals surface area contributed by atoms with Gasteiger partial charge in [0.05, 0.1) is 6.20 Å². The first kappa shape index (κ1) is 12.6. The van der Waals surface area contributed by atoms with Crippen LogP contribution in [0.15, 0.2) is 35.3 Å². The smallest absolute Gasteiger partial charge is 0.267 e. The van der Waals surface area contributed by atoms with E-state index < -0.39 is 0 Å². The number of H-pyrrole nitrogens is 1. The number of anilines is 1. The van der Waals surface area contributed by atoms with Crippen molar-refractivity contribution in [1.29, 1.82) is 0 Å². The number of aromatic amines is 1. The second-order valence-electron chi connectivity index (χ2n) is 3.50. The van der Waals surface area contributed by atoms with Crippen molar-refractivity contribution in [3.63, 3.8) is 0 Å². The minimum atomic E-state index is -0.137. The number of carbonyl (C=O) groups excluding carboxylic acids is 1. The van der Waals surface area contributed by atoms with Crippen molar-refractivity contribution in [2.75, 3.05) is 18.4 Å². The Balaban J connectivity index is 1.71. The Morgan fingerprint density at radius 3 is 2.94 bits per heavy atom. The van der Waals surface area contributed by atoms with E-state index in [2.05, 4.69) is 41.5 Å². The maximum Gasteiger partial charge on any atom is 0.267 e. The van der Waals surface area contributed by atoms with Crippen LogP contribution in [-0.2, 0) is 0 Å². The molecule has 2 rings (SSSR count). The van der Waals surface area contributed by atoms with Gasteiger partial charge in [-0.25, -0.2) is 4.98 Å². The van der Waals surface area contributed by atoms with Crippen LogP contribution in [0.3, 0.4) is 0 Å². The largest absolute Gasteiger partial charge is 0.367 e. The van der Waals surface area contributed by atoms with E-state index in [9.17, 15) is 4.79 Å². The summed E-state index contributed by atoms with van der Waals surface area (Å²) in [7, 11) is 0. The summed E-state index contributed by atoms with van der Waals surface area (Å²) in [4.78, 5) is 22.5. The van der Waals surface area contributed by atoms with Gasteiger partial charge >= 0.3 is 0 Å². The number of carbonyl (C=O) groups is 1. The normalized spacial score (nSPS) is 10.1. The van der Waals surface area contributed by atoms with Gasteiger partial charge in [-0.15, -0.1) is 0 Å². The van der Waals surface area contributed by atoms with Crippen molar-refractivity contribution in [2.24, 2.45) is 0 Å². The molecule has 18 heavy (non-hydrogen) atoms. The molecule has 7 heteroatoms. The van der Waals surface area contributed by atoms with E-state index in [0.29, 0.717) is 24.6 Å². The maximum absolute atomic E-state index is 11.7. The van der Waals surface area contributed by atoms with E-state index in [1.807, 2.05) is 0 Å². The van der Waals surface area contributed by atoms with Crippen LogP contribution in [0.4, 0.5) is 5.82 Å². The molecule has 0 fully saturated rings. The van der Waals surface area contributed by atoms with E-state index in [1.165, 1.54) is 0 Å². The lowest BCUT2D eigenvalue weighted by Gasteiger charge is -2.05. The first-order valence-electron chi connectivity index (χ1n) is 5.38. The van der Waals surface area contributed by atoms with Crippen LogP contribution in [0.25, 0.3) is 0 Å². The summed E-state index contributed by atoms with van der Waals surface area (Å²) in [5.41, 5.74) is 0.529. The fraction of sp³-hybridized carbons (Fsp3) is 0.182. The second-order valence-corrected chi connectivity index (χ2v) is 4.42. The molecule has 6 nitrogen and oxygen atoms in total. The predicted molar refractivity (Wildman–Crippen MR) is 71.3 cm³/mol. The minimum absolute atomic E-state index is 0.137. The highest BCUT2D eigenvalue weighted by atomic mass is 79.9. The zero-order valence-electron chi connectivity index (χ0n) is 9.48. The topological polar surface area (TPSA) is 82.7 Å². The third kappa shape index (κ3) is 3.56. The molecular weight excluding hydrogens is 298 g/mol. The van der Waals surface area contributed by atoms with Crippen molar-refractivity contribution in [1.82, 2.24) is 20.3 Å². The summed E-state index contributed by atoms with van der Waals surface area (Å²) in [5, 5.41) is 5.83. The van der Waals surface area contributed by atoms with Crippen LogP contribution in [0, 0.1) is 0 Å². The Kier molecular flexibility index (Phi) is 4.30. The van der Waals surface area contributed by atoms with Crippen LogP contribution < -0.4 is 10.6 Å². The van der Waals surface area contributed by atoms with Gasteiger partial charge in [-0.2, -0.15) is 0 Å². The third-order valence-electron chi connectivity index (χ3n) is 2.17. The number of halogens is 1. The first-order valence-corrected chi connectivity index (χ1v) is 6.17. The molecule has 0 saturated carbocycles. The SMILES string of the molecule is O=C(NCCNc1cnccn1)c1cc(Br)c[nH]1. The van der Waals surface area contributed by atoms with E-state index in [1.54, 1.807) is 30.9 Å². The van der Waals surface area contributed by atoms with Gasteiger partial charge in [0.15, 0.2) is 0 Å². The number of rotatable bonds is 5. The lowest BCUT2D eigenvalue weighted by Crippen LogP contribution is -2.29. The Labute approximate surface area is 112 Å². The Bertz CT molecular complexity index is 513. The fourth-order valence-corrected chi connectivity index (χ4v) is 1.69. The molecule has 0 aliphatic heterocycles. The fourth-order valence-electron chi connectivity index (χ4n) is 1.35. The molecule has 2 aromatic rings. The summed E-state index contributed by atoms with van der Waals surface area (Å²) < 4.78 is 0.852. The molecular formula is C11H12BrN5O. The Morgan fingerprint density at radius 2 is 2.28 bits per heavy atom. The highest BCUT2D eigenvalue weighted by Crippen LogP contribution is 2.10. The molecule has 0 unspecified atom stereocenters. The van der Waals surface area contributed by atoms with Crippen LogP contribution in [0.1, 0.15) is 10.5 Å².